The Bertz CT molecular complexity index is 1080. The number of fused-ring (bicyclic) bond motifs is 3. The molecule has 3 aromatic heterocycles. The maximum atomic E-state index is 13.5. The summed E-state index contributed by atoms with van der Waals surface area (Å²) < 4.78 is 16.8. The van der Waals surface area contributed by atoms with Gasteiger partial charge in [-0.25, -0.2) is 9.37 Å². The van der Waals surface area contributed by atoms with Gasteiger partial charge in [-0.3, -0.25) is 14.3 Å². The number of pyridine rings is 1. The summed E-state index contributed by atoms with van der Waals surface area (Å²) in [5.74, 6) is -0.341. The van der Waals surface area contributed by atoms with Crippen LogP contribution in [0.1, 0.15) is 5.56 Å². The van der Waals surface area contributed by atoms with Crippen LogP contribution < -0.4 is 5.56 Å². The van der Waals surface area contributed by atoms with Gasteiger partial charge in [-0.2, -0.15) is 0 Å². The van der Waals surface area contributed by atoms with Crippen molar-refractivity contribution in [3.8, 4) is 0 Å². The highest BCUT2D eigenvalue weighted by atomic mass is 19.1. The van der Waals surface area contributed by atoms with Crippen molar-refractivity contribution in [2.24, 2.45) is 7.05 Å². The molecule has 0 unspecified atom stereocenters. The maximum absolute atomic E-state index is 13.5. The number of hydrogen-bond donors (Lipinski definition) is 0. The Balaban J connectivity index is 1.96. The van der Waals surface area contributed by atoms with Crippen LogP contribution in [0, 0.1) is 5.82 Å². The van der Waals surface area contributed by atoms with Crippen LogP contribution in [0.25, 0.3) is 21.9 Å². The van der Waals surface area contributed by atoms with Gasteiger partial charge >= 0.3 is 0 Å². The number of nitrogens with zero attached hydrogens (tertiary/aromatic N) is 4. The van der Waals surface area contributed by atoms with E-state index in [4.69, 9.17) is 0 Å². The third-order valence-electron chi connectivity index (χ3n) is 4.00. The zero-order chi connectivity index (χ0) is 16.0. The minimum atomic E-state index is -0.341. The molecule has 6 heteroatoms. The number of aromatic nitrogens is 4. The third-order valence-corrected chi connectivity index (χ3v) is 4.00. The van der Waals surface area contributed by atoms with E-state index in [9.17, 15) is 9.18 Å². The summed E-state index contributed by atoms with van der Waals surface area (Å²) in [4.78, 5) is 21.2. The molecule has 1 aromatic carbocycles. The summed E-state index contributed by atoms with van der Waals surface area (Å²) in [6.07, 6.45) is 4.90. The summed E-state index contributed by atoms with van der Waals surface area (Å²) in [6.45, 7) is 0.394. The third kappa shape index (κ3) is 2.11. The molecular weight excluding hydrogens is 295 g/mol. The second kappa shape index (κ2) is 5.01. The normalized spacial score (nSPS) is 11.4. The van der Waals surface area contributed by atoms with Crippen molar-refractivity contribution >= 4 is 21.9 Å². The molecule has 114 valence electrons. The van der Waals surface area contributed by atoms with E-state index in [1.165, 1.54) is 23.0 Å². The van der Waals surface area contributed by atoms with Crippen LogP contribution in [0.5, 0.6) is 0 Å². The highest BCUT2D eigenvalue weighted by Crippen LogP contribution is 2.24. The Hall–Kier alpha value is -3.02. The second-order valence-corrected chi connectivity index (χ2v) is 5.46. The molecule has 0 fully saturated rings. The van der Waals surface area contributed by atoms with Gasteiger partial charge in [0, 0.05) is 24.8 Å². The van der Waals surface area contributed by atoms with E-state index < -0.39 is 0 Å². The molecular formula is C17H13FN4O. The quantitative estimate of drug-likeness (QED) is 0.571. The second-order valence-electron chi connectivity index (χ2n) is 5.46. The Morgan fingerprint density at radius 1 is 1.26 bits per heavy atom. The topological polar surface area (TPSA) is 52.7 Å². The van der Waals surface area contributed by atoms with Crippen molar-refractivity contribution < 1.29 is 4.39 Å². The summed E-state index contributed by atoms with van der Waals surface area (Å²) in [5, 5.41) is 0.646. The first kappa shape index (κ1) is 13.6. The van der Waals surface area contributed by atoms with E-state index in [0.717, 1.165) is 11.1 Å². The fraction of sp³-hybridized carbons (Fsp3) is 0.118. The van der Waals surface area contributed by atoms with E-state index >= 15 is 0 Å². The number of rotatable bonds is 2. The van der Waals surface area contributed by atoms with Crippen molar-refractivity contribution in [2.45, 2.75) is 6.54 Å². The molecule has 23 heavy (non-hydrogen) atoms. The maximum Gasteiger partial charge on any atom is 0.278 e. The highest BCUT2D eigenvalue weighted by Gasteiger charge is 2.15. The van der Waals surface area contributed by atoms with Gasteiger partial charge in [-0.15, -0.1) is 0 Å². The lowest BCUT2D eigenvalue weighted by molar-refractivity contribution is 0.629. The van der Waals surface area contributed by atoms with E-state index in [-0.39, 0.29) is 11.4 Å². The molecule has 0 aliphatic heterocycles. The Labute approximate surface area is 130 Å². The van der Waals surface area contributed by atoms with E-state index in [2.05, 4.69) is 9.97 Å². The molecule has 0 amide bonds. The Morgan fingerprint density at radius 3 is 2.91 bits per heavy atom. The lowest BCUT2D eigenvalue weighted by Gasteiger charge is -2.05. The number of benzene rings is 1. The number of aryl methyl sites for hydroxylation is 1. The largest absolute Gasteiger partial charge is 0.338 e. The first-order valence-electron chi connectivity index (χ1n) is 7.17. The fourth-order valence-corrected chi connectivity index (χ4v) is 2.89. The van der Waals surface area contributed by atoms with Crippen molar-refractivity contribution in [3.05, 3.63) is 70.8 Å². The predicted molar refractivity (Wildman–Crippen MR) is 85.8 cm³/mol. The molecule has 0 atom stereocenters. The van der Waals surface area contributed by atoms with Crippen LogP contribution in [0.3, 0.4) is 0 Å². The van der Waals surface area contributed by atoms with Crippen LogP contribution in [-0.4, -0.2) is 19.1 Å². The molecule has 5 nitrogen and oxygen atoms in total. The molecule has 4 aromatic rings. The SMILES string of the molecule is Cn1c2ccc(F)cc2c2ncn(Cc3cccnc3)c(=O)c21. The van der Waals surface area contributed by atoms with E-state index in [1.54, 1.807) is 30.1 Å². The van der Waals surface area contributed by atoms with Gasteiger partial charge in [0.25, 0.3) is 5.56 Å². The molecule has 0 radical (unpaired) electrons. The van der Waals surface area contributed by atoms with Crippen molar-refractivity contribution in [1.82, 2.24) is 19.1 Å². The number of hydrogen-bond acceptors (Lipinski definition) is 3. The first-order chi connectivity index (χ1) is 11.1. The summed E-state index contributed by atoms with van der Waals surface area (Å²) in [6, 6.07) is 8.19. The van der Waals surface area contributed by atoms with E-state index in [0.29, 0.717) is 23.0 Å². The molecule has 4 rings (SSSR count). The summed E-state index contributed by atoms with van der Waals surface area (Å²) >= 11 is 0. The molecule has 0 saturated carbocycles. The zero-order valence-corrected chi connectivity index (χ0v) is 12.4. The molecule has 0 spiro atoms. The van der Waals surface area contributed by atoms with Crippen molar-refractivity contribution in [3.63, 3.8) is 0 Å². The van der Waals surface area contributed by atoms with Gasteiger partial charge in [0.15, 0.2) is 0 Å². The van der Waals surface area contributed by atoms with Crippen LogP contribution in [0.2, 0.25) is 0 Å². The highest BCUT2D eigenvalue weighted by molar-refractivity contribution is 6.05. The Kier molecular flexibility index (Phi) is 2.97. The van der Waals surface area contributed by atoms with Crippen molar-refractivity contribution in [2.75, 3.05) is 0 Å². The average Bonchev–Trinajstić information content (AvgIpc) is 2.84. The standard InChI is InChI=1S/C17H13FN4O/c1-21-14-5-4-12(18)7-13(14)15-16(21)17(23)22(10-20-15)9-11-3-2-6-19-8-11/h2-8,10H,9H2,1H3. The van der Waals surface area contributed by atoms with Gasteiger partial charge in [0.05, 0.1) is 18.4 Å². The van der Waals surface area contributed by atoms with Crippen LogP contribution >= 0.6 is 0 Å². The van der Waals surface area contributed by atoms with Gasteiger partial charge in [0.2, 0.25) is 0 Å². The van der Waals surface area contributed by atoms with Crippen LogP contribution in [-0.2, 0) is 13.6 Å². The minimum absolute atomic E-state index is 0.155. The van der Waals surface area contributed by atoms with Crippen LogP contribution in [0.4, 0.5) is 4.39 Å². The lowest BCUT2D eigenvalue weighted by Crippen LogP contribution is -2.22. The number of halogens is 1. The predicted octanol–water partition coefficient (Wildman–Crippen LogP) is 2.47. The van der Waals surface area contributed by atoms with Gasteiger partial charge in [-0.05, 0) is 29.8 Å². The van der Waals surface area contributed by atoms with Gasteiger partial charge in [-0.1, -0.05) is 6.07 Å². The summed E-state index contributed by atoms with van der Waals surface area (Å²) in [5.41, 5.74) is 2.54. The van der Waals surface area contributed by atoms with E-state index in [1.807, 2.05) is 12.1 Å². The van der Waals surface area contributed by atoms with Gasteiger partial charge < -0.3 is 4.57 Å². The molecule has 0 saturated heterocycles. The fourth-order valence-electron chi connectivity index (χ4n) is 2.89. The van der Waals surface area contributed by atoms with Gasteiger partial charge in [0.1, 0.15) is 16.9 Å². The Morgan fingerprint density at radius 2 is 2.13 bits per heavy atom. The monoisotopic (exact) mass is 308 g/mol. The molecule has 0 N–H and O–H groups in total. The first-order valence-corrected chi connectivity index (χ1v) is 7.17. The van der Waals surface area contributed by atoms with Crippen molar-refractivity contribution in [1.29, 1.82) is 0 Å². The minimum Gasteiger partial charge on any atom is -0.338 e. The average molecular weight is 308 g/mol. The molecule has 0 bridgehead atoms. The molecule has 3 heterocycles. The zero-order valence-electron chi connectivity index (χ0n) is 12.4. The smallest absolute Gasteiger partial charge is 0.278 e. The molecule has 0 aliphatic carbocycles. The summed E-state index contributed by atoms with van der Waals surface area (Å²) in [7, 11) is 1.79. The van der Waals surface area contributed by atoms with Crippen LogP contribution in [0.15, 0.2) is 53.8 Å². The molecule has 0 aliphatic rings. The lowest BCUT2D eigenvalue weighted by atomic mass is 10.2.